The molecule has 9 nitrogen and oxygen atoms in total. The molecule has 0 saturated carbocycles. The second kappa shape index (κ2) is 8.38. The maximum Gasteiger partial charge on any atom is 0.253 e. The highest BCUT2D eigenvalue weighted by atomic mass is 32.2. The number of benzene rings is 2. The number of nitrogens with one attached hydrogen (secondary N) is 1. The predicted octanol–water partition coefficient (Wildman–Crippen LogP) is 3.21. The van der Waals surface area contributed by atoms with E-state index in [1.807, 2.05) is 31.2 Å². The van der Waals surface area contributed by atoms with Crippen LogP contribution in [0, 0.1) is 19.1 Å². The molecule has 1 aromatic heterocycles. The third-order valence-electron chi connectivity index (χ3n) is 5.16. The molecule has 1 fully saturated rings. The summed E-state index contributed by atoms with van der Waals surface area (Å²) < 4.78 is 15.6. The average molecular weight is 442 g/mol. The number of nitrogens with zero attached hydrogens (tertiary/aromatic N) is 3. The zero-order valence-electron chi connectivity index (χ0n) is 17.5. The van der Waals surface area contributed by atoms with Crippen LogP contribution in [0.15, 0.2) is 41.0 Å². The van der Waals surface area contributed by atoms with Gasteiger partial charge in [0.15, 0.2) is 11.5 Å². The second-order valence-electron chi connectivity index (χ2n) is 7.01. The lowest BCUT2D eigenvalue weighted by Crippen LogP contribution is -2.34. The largest absolute Gasteiger partial charge is 0.493 e. The van der Waals surface area contributed by atoms with Crippen LogP contribution >= 0.6 is 11.8 Å². The molecule has 2 aromatic carbocycles. The predicted molar refractivity (Wildman–Crippen MR) is 116 cm³/mol. The van der Waals surface area contributed by atoms with Gasteiger partial charge in [0.2, 0.25) is 5.69 Å². The third-order valence-corrected chi connectivity index (χ3v) is 6.36. The van der Waals surface area contributed by atoms with Crippen molar-refractivity contribution in [3.63, 3.8) is 0 Å². The molecule has 3 aromatic rings. The third kappa shape index (κ3) is 3.74. The Morgan fingerprint density at radius 3 is 2.58 bits per heavy atom. The fraction of sp³-hybridized carbons (Fsp3) is 0.286. The standard InChI is InChI=1S/C21H22N4O5S/c1-12-7-5-6-8-14(12)21-24(19(26)11-31-21)22-16-10-18(29-4)17(28-3)9-15(16)20-13(2)25(27)30-23-20/h5-10,21-22H,11H2,1-4H3. The molecule has 31 heavy (non-hydrogen) atoms. The summed E-state index contributed by atoms with van der Waals surface area (Å²) in [6.07, 6.45) is 0. The molecule has 0 spiro atoms. The van der Waals surface area contributed by atoms with Crippen LogP contribution in [0.4, 0.5) is 5.69 Å². The van der Waals surface area contributed by atoms with Gasteiger partial charge in [-0.2, -0.15) is 0 Å². The molecule has 10 heteroatoms. The van der Waals surface area contributed by atoms with E-state index in [4.69, 9.17) is 14.1 Å². The summed E-state index contributed by atoms with van der Waals surface area (Å²) in [6, 6.07) is 11.4. The first-order valence-electron chi connectivity index (χ1n) is 9.53. The number of carbonyl (C=O) groups is 1. The topological polar surface area (TPSA) is 104 Å². The lowest BCUT2D eigenvalue weighted by molar-refractivity contribution is -0.806. The van der Waals surface area contributed by atoms with Crippen LogP contribution in [0.3, 0.4) is 0 Å². The first kappa shape index (κ1) is 20.9. The molecule has 1 amide bonds. The number of amides is 1. The molecule has 1 N–H and O–H groups in total. The number of hydrogen-bond donors (Lipinski definition) is 1. The van der Waals surface area contributed by atoms with Gasteiger partial charge in [-0.05, 0) is 29.0 Å². The number of hydrogen-bond acceptors (Lipinski definition) is 8. The van der Waals surface area contributed by atoms with E-state index in [9.17, 15) is 10.0 Å². The van der Waals surface area contributed by atoms with Crippen LogP contribution in [-0.2, 0) is 4.79 Å². The van der Waals surface area contributed by atoms with Crippen LogP contribution in [0.1, 0.15) is 22.2 Å². The Kier molecular flexibility index (Phi) is 5.64. The lowest BCUT2D eigenvalue weighted by atomic mass is 10.1. The maximum atomic E-state index is 12.8. The zero-order chi connectivity index (χ0) is 22.1. The molecule has 2 heterocycles. The van der Waals surface area contributed by atoms with Crippen molar-refractivity contribution in [2.24, 2.45) is 0 Å². The number of aromatic nitrogens is 2. The first-order chi connectivity index (χ1) is 14.9. The number of thioether (sulfide) groups is 1. The summed E-state index contributed by atoms with van der Waals surface area (Å²) in [6.45, 7) is 3.62. The molecule has 162 valence electrons. The van der Waals surface area contributed by atoms with Crippen LogP contribution < -0.4 is 19.8 Å². The van der Waals surface area contributed by atoms with E-state index in [-0.39, 0.29) is 17.0 Å². The van der Waals surface area contributed by atoms with Gasteiger partial charge in [-0.25, -0.2) is 5.01 Å². The maximum absolute atomic E-state index is 12.8. The minimum atomic E-state index is -0.211. The minimum absolute atomic E-state index is 0.0604. The molecule has 0 bridgehead atoms. The van der Waals surface area contributed by atoms with Crippen molar-refractivity contribution < 1.29 is 23.8 Å². The molecule has 1 atom stereocenters. The molecule has 1 aliphatic heterocycles. The first-order valence-corrected chi connectivity index (χ1v) is 10.6. The van der Waals surface area contributed by atoms with E-state index in [2.05, 4.69) is 10.6 Å². The van der Waals surface area contributed by atoms with E-state index in [1.165, 1.54) is 14.2 Å². The molecule has 1 saturated heterocycles. The van der Waals surface area contributed by atoms with E-state index in [1.54, 1.807) is 35.8 Å². The van der Waals surface area contributed by atoms with Gasteiger partial charge in [0, 0.05) is 18.1 Å². The van der Waals surface area contributed by atoms with E-state index in [0.29, 0.717) is 39.1 Å². The van der Waals surface area contributed by atoms with Crippen molar-refractivity contribution in [1.29, 1.82) is 0 Å². The Morgan fingerprint density at radius 2 is 1.94 bits per heavy atom. The Labute approximate surface area is 183 Å². The summed E-state index contributed by atoms with van der Waals surface area (Å²) >= 11 is 1.54. The second-order valence-corrected chi connectivity index (χ2v) is 8.08. The highest BCUT2D eigenvalue weighted by molar-refractivity contribution is 8.00. The SMILES string of the molecule is COc1cc(NN2C(=O)CSC2c2ccccc2C)c(-c2no[n+]([O-])c2C)cc1OC. The van der Waals surface area contributed by atoms with Gasteiger partial charge in [0.1, 0.15) is 5.37 Å². The zero-order valence-corrected chi connectivity index (χ0v) is 18.4. The van der Waals surface area contributed by atoms with Gasteiger partial charge in [0.05, 0.1) is 31.2 Å². The summed E-state index contributed by atoms with van der Waals surface area (Å²) in [5.41, 5.74) is 7.06. The Bertz CT molecular complexity index is 1130. The van der Waals surface area contributed by atoms with Gasteiger partial charge in [0.25, 0.3) is 11.6 Å². The molecule has 4 rings (SSSR count). The number of ether oxygens (including phenoxy) is 2. The van der Waals surface area contributed by atoms with Crippen LogP contribution in [0.25, 0.3) is 11.3 Å². The molecule has 0 aliphatic carbocycles. The van der Waals surface area contributed by atoms with Gasteiger partial charge in [-0.3, -0.25) is 14.8 Å². The fourth-order valence-electron chi connectivity index (χ4n) is 3.47. The van der Waals surface area contributed by atoms with Crippen molar-refractivity contribution in [2.45, 2.75) is 19.2 Å². The Balaban J connectivity index is 1.80. The monoisotopic (exact) mass is 442 g/mol. The van der Waals surface area contributed by atoms with Crippen molar-refractivity contribution in [1.82, 2.24) is 10.2 Å². The van der Waals surface area contributed by atoms with E-state index in [0.717, 1.165) is 11.1 Å². The normalized spacial score (nSPS) is 15.9. The molecular weight excluding hydrogens is 420 g/mol. The smallest absolute Gasteiger partial charge is 0.253 e. The van der Waals surface area contributed by atoms with Crippen LogP contribution in [-0.4, -0.2) is 36.0 Å². The van der Waals surface area contributed by atoms with E-state index >= 15 is 0 Å². The van der Waals surface area contributed by atoms with Gasteiger partial charge in [-0.15, -0.1) is 11.8 Å². The number of hydrazine groups is 1. The van der Waals surface area contributed by atoms with Gasteiger partial charge >= 0.3 is 0 Å². The summed E-state index contributed by atoms with van der Waals surface area (Å²) in [4.78, 5) is 13.1. The Hall–Kier alpha value is -3.40. The van der Waals surface area contributed by atoms with Crippen LogP contribution in [0.5, 0.6) is 11.5 Å². The lowest BCUT2D eigenvalue weighted by Gasteiger charge is -2.27. The quantitative estimate of drug-likeness (QED) is 0.581. The minimum Gasteiger partial charge on any atom is -0.493 e. The summed E-state index contributed by atoms with van der Waals surface area (Å²) in [5.74, 6) is 1.21. The Morgan fingerprint density at radius 1 is 1.23 bits per heavy atom. The average Bonchev–Trinajstić information content (AvgIpc) is 3.30. The van der Waals surface area contributed by atoms with E-state index < -0.39 is 0 Å². The molecule has 1 aliphatic rings. The summed E-state index contributed by atoms with van der Waals surface area (Å²) in [7, 11) is 3.05. The molecule has 1 unspecified atom stereocenters. The van der Waals surface area contributed by atoms with Gasteiger partial charge < -0.3 is 14.7 Å². The number of carbonyl (C=O) groups excluding carboxylic acids is 1. The number of rotatable bonds is 6. The molecule has 0 radical (unpaired) electrons. The number of aryl methyl sites for hydroxylation is 1. The highest BCUT2D eigenvalue weighted by Crippen LogP contribution is 2.43. The van der Waals surface area contributed by atoms with Gasteiger partial charge in [-0.1, -0.05) is 24.3 Å². The summed E-state index contributed by atoms with van der Waals surface area (Å²) in [5, 5.41) is 17.1. The highest BCUT2D eigenvalue weighted by Gasteiger charge is 2.35. The number of methoxy groups -OCH3 is 2. The molecular formula is C21H22N4O5S. The van der Waals surface area contributed by atoms with Crippen molar-refractivity contribution in [3.8, 4) is 22.8 Å². The van der Waals surface area contributed by atoms with Crippen molar-refractivity contribution in [2.75, 3.05) is 25.4 Å². The van der Waals surface area contributed by atoms with Crippen LogP contribution in [0.2, 0.25) is 0 Å². The number of anilines is 1. The van der Waals surface area contributed by atoms with Crippen molar-refractivity contribution >= 4 is 23.4 Å². The van der Waals surface area contributed by atoms with Crippen molar-refractivity contribution in [3.05, 3.63) is 58.4 Å². The fourth-order valence-corrected chi connectivity index (χ4v) is 4.67.